The molecule has 2 atom stereocenters. The summed E-state index contributed by atoms with van der Waals surface area (Å²) < 4.78 is 2.29. The summed E-state index contributed by atoms with van der Waals surface area (Å²) in [5.41, 5.74) is 9.63. The Balaban J connectivity index is 1.46. The van der Waals surface area contributed by atoms with Crippen molar-refractivity contribution in [2.24, 2.45) is 0 Å². The van der Waals surface area contributed by atoms with Gasteiger partial charge in [0.25, 0.3) is 0 Å². The number of carbonyl (C=O) groups excluding carboxylic acids is 1. The number of rotatable bonds is 8. The first-order chi connectivity index (χ1) is 19.6. The molecule has 4 aromatic rings. The van der Waals surface area contributed by atoms with Gasteiger partial charge in [-0.1, -0.05) is 18.2 Å². The highest BCUT2D eigenvalue weighted by atomic mass is 32.1. The zero-order valence-electron chi connectivity index (χ0n) is 24.6. The minimum Gasteiger partial charge on any atom is -0.378 e. The topological polar surface area (TPSA) is 65.4 Å². The van der Waals surface area contributed by atoms with E-state index in [2.05, 4.69) is 80.2 Å². The molecule has 0 bridgehead atoms. The lowest BCUT2D eigenvalue weighted by Gasteiger charge is -2.28. The summed E-state index contributed by atoms with van der Waals surface area (Å²) in [5.74, 6) is -0.0343. The van der Waals surface area contributed by atoms with Gasteiger partial charge in [-0.25, -0.2) is 0 Å². The number of aryl methyl sites for hydroxylation is 3. The number of nitrogens with one attached hydrogen (secondary N) is 2. The first-order valence-electron chi connectivity index (χ1n) is 14.0. The molecule has 1 aliphatic heterocycles. The molecule has 5 rings (SSSR count). The summed E-state index contributed by atoms with van der Waals surface area (Å²) in [7, 11) is 4.09. The van der Waals surface area contributed by atoms with Crippen LogP contribution in [0.15, 0.2) is 72.9 Å². The minimum atomic E-state index is -0.143. The van der Waals surface area contributed by atoms with Crippen LogP contribution in [0, 0.1) is 27.7 Å². The van der Waals surface area contributed by atoms with Crippen LogP contribution in [-0.2, 0) is 4.79 Å². The molecule has 0 radical (unpaired) electrons. The lowest BCUT2D eigenvalue weighted by Crippen LogP contribution is -2.33. The van der Waals surface area contributed by atoms with Crippen LogP contribution >= 0.6 is 12.2 Å². The van der Waals surface area contributed by atoms with Crippen molar-refractivity contribution in [2.45, 2.75) is 46.2 Å². The fourth-order valence-corrected chi connectivity index (χ4v) is 6.01. The Labute approximate surface area is 248 Å². The van der Waals surface area contributed by atoms with Gasteiger partial charge >= 0.3 is 0 Å². The Kier molecular flexibility index (Phi) is 8.13. The van der Waals surface area contributed by atoms with Gasteiger partial charge in [0.15, 0.2) is 5.11 Å². The molecule has 3 heterocycles. The van der Waals surface area contributed by atoms with Gasteiger partial charge in [0.05, 0.1) is 17.8 Å². The number of anilines is 2. The van der Waals surface area contributed by atoms with Gasteiger partial charge in [-0.2, -0.15) is 0 Å². The average molecular weight is 567 g/mol. The van der Waals surface area contributed by atoms with Crippen LogP contribution in [0.25, 0.3) is 5.69 Å². The number of hydrogen-bond donors (Lipinski definition) is 2. The number of pyridine rings is 1. The number of carbonyl (C=O) groups is 1. The maximum Gasteiger partial charge on any atom is 0.226 e. The van der Waals surface area contributed by atoms with Crippen LogP contribution in [0.3, 0.4) is 0 Å². The molecular formula is C33H38N6OS. The summed E-state index contributed by atoms with van der Waals surface area (Å²) in [4.78, 5) is 22.0. The SMILES string of the molecule is Cc1ccc(C)c(NC(=O)CCN2C(=S)NC(c3ccccn3)C2c2cc(C)n(-c3ccc(N(C)C)cc3)c2C)c1. The summed E-state index contributed by atoms with van der Waals surface area (Å²) in [6.45, 7) is 8.81. The van der Waals surface area contributed by atoms with Gasteiger partial charge in [0.1, 0.15) is 0 Å². The fourth-order valence-electron chi connectivity index (χ4n) is 5.67. The molecule has 2 N–H and O–H groups in total. The normalized spacial score (nSPS) is 16.5. The molecule has 1 fully saturated rings. The number of thiocarbonyl (C=S) groups is 1. The largest absolute Gasteiger partial charge is 0.378 e. The van der Waals surface area contributed by atoms with E-state index in [0.717, 1.165) is 50.8 Å². The number of benzene rings is 2. The average Bonchev–Trinajstić information content (AvgIpc) is 3.44. The highest BCUT2D eigenvalue weighted by molar-refractivity contribution is 7.80. The molecule has 2 aromatic heterocycles. The zero-order valence-corrected chi connectivity index (χ0v) is 25.4. The monoisotopic (exact) mass is 566 g/mol. The Morgan fingerprint density at radius 1 is 1.02 bits per heavy atom. The summed E-state index contributed by atoms with van der Waals surface area (Å²) in [6, 6.07) is 22.6. The fraction of sp³-hybridized carbons (Fsp3) is 0.303. The third kappa shape index (κ3) is 5.84. The molecule has 41 heavy (non-hydrogen) atoms. The number of nitrogens with zero attached hydrogens (tertiary/aromatic N) is 4. The van der Waals surface area contributed by atoms with Crippen LogP contribution < -0.4 is 15.5 Å². The maximum atomic E-state index is 13.1. The van der Waals surface area contributed by atoms with E-state index >= 15 is 0 Å². The van der Waals surface area contributed by atoms with E-state index in [-0.39, 0.29) is 18.0 Å². The molecule has 212 valence electrons. The van der Waals surface area contributed by atoms with Crippen LogP contribution in [0.2, 0.25) is 0 Å². The van der Waals surface area contributed by atoms with E-state index < -0.39 is 0 Å². The van der Waals surface area contributed by atoms with Gasteiger partial charge < -0.3 is 25.0 Å². The van der Waals surface area contributed by atoms with Crippen molar-refractivity contribution < 1.29 is 4.79 Å². The second-order valence-electron chi connectivity index (χ2n) is 11.0. The van der Waals surface area contributed by atoms with Crippen LogP contribution in [0.1, 0.15) is 52.3 Å². The van der Waals surface area contributed by atoms with Gasteiger partial charge in [-0.15, -0.1) is 0 Å². The maximum absolute atomic E-state index is 13.1. The van der Waals surface area contributed by atoms with E-state index in [4.69, 9.17) is 12.2 Å². The first-order valence-corrected chi connectivity index (χ1v) is 14.4. The van der Waals surface area contributed by atoms with Crippen molar-refractivity contribution in [3.05, 3.63) is 107 Å². The van der Waals surface area contributed by atoms with Crippen molar-refractivity contribution in [3.8, 4) is 5.69 Å². The standard InChI is InChI=1S/C33H38N6OS/c1-21-10-11-22(2)29(19-21)35-30(40)16-18-38-32(31(36-33(38)41)28-9-7-8-17-34-28)27-20-23(3)39(24(27)4)26-14-12-25(13-15-26)37(5)6/h7-15,17,19-20,31-32H,16,18H2,1-6H3,(H,35,40)(H,36,41). The van der Waals surface area contributed by atoms with Crippen molar-refractivity contribution >= 4 is 34.6 Å². The summed E-state index contributed by atoms with van der Waals surface area (Å²) in [5, 5.41) is 7.25. The Hall–Kier alpha value is -4.17. The lowest BCUT2D eigenvalue weighted by molar-refractivity contribution is -0.116. The zero-order chi connectivity index (χ0) is 29.3. The molecule has 8 heteroatoms. The number of amides is 1. The van der Waals surface area contributed by atoms with Crippen molar-refractivity contribution in [3.63, 3.8) is 0 Å². The molecule has 1 aliphatic rings. The van der Waals surface area contributed by atoms with Crippen molar-refractivity contribution in [1.29, 1.82) is 0 Å². The molecule has 1 saturated heterocycles. The molecule has 0 saturated carbocycles. The predicted molar refractivity (Wildman–Crippen MR) is 171 cm³/mol. The van der Waals surface area contributed by atoms with E-state index in [9.17, 15) is 4.79 Å². The molecule has 2 unspecified atom stereocenters. The number of aromatic nitrogens is 2. The third-order valence-electron chi connectivity index (χ3n) is 7.86. The van der Waals surface area contributed by atoms with Gasteiger partial charge in [0.2, 0.25) is 5.91 Å². The Morgan fingerprint density at radius 2 is 1.78 bits per heavy atom. The van der Waals surface area contributed by atoms with Gasteiger partial charge in [0, 0.05) is 61.7 Å². The highest BCUT2D eigenvalue weighted by Crippen LogP contribution is 2.41. The van der Waals surface area contributed by atoms with Crippen molar-refractivity contribution in [2.75, 3.05) is 30.9 Å². The molecule has 0 spiro atoms. The third-order valence-corrected chi connectivity index (χ3v) is 8.21. The summed E-state index contributed by atoms with van der Waals surface area (Å²) >= 11 is 5.87. The molecule has 7 nitrogen and oxygen atoms in total. The second kappa shape index (κ2) is 11.7. The first kappa shape index (κ1) is 28.4. The smallest absolute Gasteiger partial charge is 0.226 e. The molecular weight excluding hydrogens is 528 g/mol. The van der Waals surface area contributed by atoms with Crippen LogP contribution in [0.4, 0.5) is 11.4 Å². The quantitative estimate of drug-likeness (QED) is 0.249. The molecule has 0 aliphatic carbocycles. The van der Waals surface area contributed by atoms with E-state index in [0.29, 0.717) is 18.1 Å². The van der Waals surface area contributed by atoms with E-state index in [1.54, 1.807) is 0 Å². The van der Waals surface area contributed by atoms with Crippen molar-refractivity contribution in [1.82, 2.24) is 19.8 Å². The lowest BCUT2D eigenvalue weighted by atomic mass is 9.96. The second-order valence-corrected chi connectivity index (χ2v) is 11.4. The Bertz CT molecular complexity index is 1560. The molecule has 1 amide bonds. The predicted octanol–water partition coefficient (Wildman–Crippen LogP) is 6.17. The van der Waals surface area contributed by atoms with Gasteiger partial charge in [-0.05, 0) is 105 Å². The van der Waals surface area contributed by atoms with E-state index in [1.165, 1.54) is 0 Å². The molecule has 2 aromatic carbocycles. The van der Waals surface area contributed by atoms with Gasteiger partial charge in [-0.3, -0.25) is 9.78 Å². The Morgan fingerprint density at radius 3 is 2.46 bits per heavy atom. The number of hydrogen-bond acceptors (Lipinski definition) is 4. The van der Waals surface area contributed by atoms with Crippen LogP contribution in [0.5, 0.6) is 0 Å². The summed E-state index contributed by atoms with van der Waals surface area (Å²) in [6.07, 6.45) is 2.12. The van der Waals surface area contributed by atoms with E-state index in [1.807, 2.05) is 64.5 Å². The minimum absolute atomic E-state index is 0.0343. The van der Waals surface area contributed by atoms with Crippen LogP contribution in [-0.4, -0.2) is 46.1 Å². The highest BCUT2D eigenvalue weighted by Gasteiger charge is 2.41.